The lowest BCUT2D eigenvalue weighted by Gasteiger charge is -2.32. The molecule has 0 saturated carbocycles. The number of esters is 1. The summed E-state index contributed by atoms with van der Waals surface area (Å²) in [7, 11) is 1.38. The number of fused-ring (bicyclic) bond motifs is 3. The van der Waals surface area contributed by atoms with Crippen molar-refractivity contribution in [2.24, 2.45) is 0 Å². The molecule has 3 aromatic carbocycles. The summed E-state index contributed by atoms with van der Waals surface area (Å²) in [6, 6.07) is 8.10. The fourth-order valence-corrected chi connectivity index (χ4v) is 5.99. The van der Waals surface area contributed by atoms with Crippen LogP contribution in [0.15, 0.2) is 30.3 Å². The highest BCUT2D eigenvalue weighted by atomic mass is 16.8. The maximum absolute atomic E-state index is 13.3. The predicted octanol–water partition coefficient (Wildman–Crippen LogP) is -0.0956. The third-order valence-electron chi connectivity index (χ3n) is 8.51. The van der Waals surface area contributed by atoms with E-state index in [9.17, 15) is 35.4 Å². The Bertz CT molecular complexity index is 1680. The quantitative estimate of drug-likeness (QED) is 0.180. The van der Waals surface area contributed by atoms with Gasteiger partial charge >= 0.3 is 5.97 Å². The second-order valence-corrected chi connectivity index (χ2v) is 11.3. The minimum Gasteiger partial charge on any atom is -0.504 e. The van der Waals surface area contributed by atoms with Gasteiger partial charge < -0.3 is 68.5 Å². The lowest BCUT2D eigenvalue weighted by Crippen LogP contribution is -2.54. The number of carbonyl (C=O) groups excluding carboxylic acids is 1. The number of aliphatic hydroxyl groups is 5. The molecule has 0 spiro atoms. The molecule has 2 saturated heterocycles. The molecule has 3 aromatic rings. The summed E-state index contributed by atoms with van der Waals surface area (Å²) in [5.74, 6) is 0.280. The fraction of sp³-hybridized carbons (Fsp3) is 0.433. The number of aromatic hydroxyl groups is 1. The summed E-state index contributed by atoms with van der Waals surface area (Å²) in [5.41, 5.74) is -2.57. The SMILES string of the molecule is COc1cc2c(-c3ccc4c(c3)OCO4)c3c(c(OC4OCC(O)(CO)C4OC4OCC(O)(CO)C4O)c2cc1O)COC3=O. The zero-order valence-electron chi connectivity index (χ0n) is 23.8. The Balaban J connectivity index is 1.35. The van der Waals surface area contributed by atoms with Crippen LogP contribution >= 0.6 is 0 Å². The molecule has 6 unspecified atom stereocenters. The van der Waals surface area contributed by atoms with E-state index in [-0.39, 0.29) is 36.2 Å². The van der Waals surface area contributed by atoms with Crippen molar-refractivity contribution in [2.75, 3.05) is 40.3 Å². The maximum atomic E-state index is 13.3. The normalized spacial score (nSPS) is 30.1. The van der Waals surface area contributed by atoms with Crippen LogP contribution in [0.4, 0.5) is 0 Å². The van der Waals surface area contributed by atoms with E-state index in [4.69, 9.17) is 37.9 Å². The Morgan fingerprint density at radius 2 is 1.64 bits per heavy atom. The van der Waals surface area contributed by atoms with Crippen LogP contribution in [0.25, 0.3) is 21.9 Å². The molecule has 0 bridgehead atoms. The van der Waals surface area contributed by atoms with Gasteiger partial charge in [-0.3, -0.25) is 0 Å². The van der Waals surface area contributed by atoms with E-state index in [1.165, 1.54) is 19.2 Å². The van der Waals surface area contributed by atoms with Gasteiger partial charge in [0.25, 0.3) is 0 Å². The molecule has 0 radical (unpaired) electrons. The minimum absolute atomic E-state index is 0.0428. The lowest BCUT2D eigenvalue weighted by molar-refractivity contribution is -0.242. The van der Waals surface area contributed by atoms with Crippen LogP contribution in [0.2, 0.25) is 0 Å². The standard InChI is InChI=1S/C30H30O15/c1-38-19-6-14-15(5-17(19)33)23(16-7-39-26(35)22(16)21(14)13-2-3-18-20(4-13)43-12-42-18)44-28-25(30(37,9-32)11-41-28)45-27-24(34)29(36,8-31)10-40-27/h2-6,24-25,27-28,31-34,36-37H,7-12H2,1H3. The molecule has 4 aliphatic rings. The average molecular weight is 631 g/mol. The molecule has 2 fully saturated rings. The number of aliphatic hydroxyl groups excluding tert-OH is 3. The average Bonchev–Trinajstić information content (AvgIpc) is 3.81. The van der Waals surface area contributed by atoms with Crippen LogP contribution < -0.4 is 18.9 Å². The topological polar surface area (TPSA) is 212 Å². The van der Waals surface area contributed by atoms with Gasteiger partial charge in [-0.05, 0) is 35.2 Å². The van der Waals surface area contributed by atoms with Crippen LogP contribution in [-0.4, -0.2) is 113 Å². The molecular formula is C30H30O15. The Morgan fingerprint density at radius 1 is 0.911 bits per heavy atom. The molecule has 15 heteroatoms. The van der Waals surface area contributed by atoms with Crippen molar-refractivity contribution in [2.45, 2.75) is 42.6 Å². The summed E-state index contributed by atoms with van der Waals surface area (Å²) in [4.78, 5) is 13.3. The van der Waals surface area contributed by atoms with E-state index in [2.05, 4.69) is 0 Å². The highest BCUT2D eigenvalue weighted by Gasteiger charge is 2.56. The van der Waals surface area contributed by atoms with Crippen molar-refractivity contribution in [3.63, 3.8) is 0 Å². The number of hydrogen-bond donors (Lipinski definition) is 6. The van der Waals surface area contributed by atoms with Crippen molar-refractivity contribution in [1.29, 1.82) is 0 Å². The molecule has 4 aliphatic heterocycles. The van der Waals surface area contributed by atoms with Crippen LogP contribution in [0.3, 0.4) is 0 Å². The van der Waals surface area contributed by atoms with Crippen molar-refractivity contribution < 1.29 is 73.3 Å². The number of hydrogen-bond acceptors (Lipinski definition) is 15. The molecule has 45 heavy (non-hydrogen) atoms. The van der Waals surface area contributed by atoms with E-state index >= 15 is 0 Å². The first-order valence-electron chi connectivity index (χ1n) is 14.0. The molecule has 0 aliphatic carbocycles. The van der Waals surface area contributed by atoms with Crippen LogP contribution in [0.5, 0.6) is 28.7 Å². The third kappa shape index (κ3) is 4.62. The zero-order valence-corrected chi connectivity index (χ0v) is 23.8. The number of ether oxygens (including phenoxy) is 8. The minimum atomic E-state index is -2.04. The van der Waals surface area contributed by atoms with Gasteiger partial charge in [0.05, 0.1) is 39.1 Å². The van der Waals surface area contributed by atoms with Crippen molar-refractivity contribution in [3.8, 4) is 39.9 Å². The van der Waals surface area contributed by atoms with Gasteiger partial charge in [0.2, 0.25) is 13.1 Å². The zero-order chi connectivity index (χ0) is 31.7. The Kier molecular flexibility index (Phi) is 7.18. The summed E-state index contributed by atoms with van der Waals surface area (Å²) >= 11 is 0. The van der Waals surface area contributed by atoms with Gasteiger partial charge in [-0.25, -0.2) is 4.79 Å². The second kappa shape index (κ2) is 10.9. The van der Waals surface area contributed by atoms with Crippen LogP contribution in [0.1, 0.15) is 15.9 Å². The second-order valence-electron chi connectivity index (χ2n) is 11.3. The van der Waals surface area contributed by atoms with Gasteiger partial charge in [-0.15, -0.1) is 0 Å². The van der Waals surface area contributed by atoms with E-state index in [0.29, 0.717) is 39.0 Å². The predicted molar refractivity (Wildman–Crippen MR) is 148 cm³/mol. The Morgan fingerprint density at radius 3 is 2.38 bits per heavy atom. The van der Waals surface area contributed by atoms with Gasteiger partial charge in [0, 0.05) is 16.5 Å². The van der Waals surface area contributed by atoms with Gasteiger partial charge in [0.15, 0.2) is 35.4 Å². The highest BCUT2D eigenvalue weighted by Crippen LogP contribution is 2.50. The highest BCUT2D eigenvalue weighted by molar-refractivity contribution is 6.14. The first-order valence-corrected chi connectivity index (χ1v) is 14.0. The Labute approximate surface area is 254 Å². The number of carbonyl (C=O) groups is 1. The molecule has 4 heterocycles. The maximum Gasteiger partial charge on any atom is 0.339 e. The van der Waals surface area contributed by atoms with Crippen molar-refractivity contribution in [1.82, 2.24) is 0 Å². The van der Waals surface area contributed by atoms with E-state index < -0.39 is 68.4 Å². The number of methoxy groups -OCH3 is 1. The van der Waals surface area contributed by atoms with E-state index in [1.54, 1.807) is 18.2 Å². The summed E-state index contributed by atoms with van der Waals surface area (Å²) in [5, 5.41) is 63.3. The molecule has 0 amide bonds. The van der Waals surface area contributed by atoms with Crippen LogP contribution in [-0.2, 0) is 25.6 Å². The van der Waals surface area contributed by atoms with Crippen molar-refractivity contribution >= 4 is 16.7 Å². The molecule has 7 rings (SSSR count). The van der Waals surface area contributed by atoms with Gasteiger partial charge in [-0.2, -0.15) is 0 Å². The van der Waals surface area contributed by atoms with Gasteiger partial charge in [0.1, 0.15) is 29.7 Å². The smallest absolute Gasteiger partial charge is 0.339 e. The lowest BCUT2D eigenvalue weighted by atomic mass is 9.89. The molecule has 240 valence electrons. The van der Waals surface area contributed by atoms with Crippen LogP contribution in [0, 0.1) is 0 Å². The summed E-state index contributed by atoms with van der Waals surface area (Å²) in [6.07, 6.45) is -6.23. The number of rotatable bonds is 8. The number of phenols is 1. The molecule has 15 nitrogen and oxygen atoms in total. The number of benzene rings is 3. The first-order chi connectivity index (χ1) is 21.6. The molecule has 0 aromatic heterocycles. The fourth-order valence-electron chi connectivity index (χ4n) is 5.99. The first kappa shape index (κ1) is 29.8. The largest absolute Gasteiger partial charge is 0.504 e. The monoisotopic (exact) mass is 630 g/mol. The molecular weight excluding hydrogens is 600 g/mol. The third-order valence-corrected chi connectivity index (χ3v) is 8.51. The van der Waals surface area contributed by atoms with E-state index in [1.807, 2.05) is 0 Å². The van der Waals surface area contributed by atoms with Crippen molar-refractivity contribution in [3.05, 3.63) is 41.5 Å². The van der Waals surface area contributed by atoms with Gasteiger partial charge in [-0.1, -0.05) is 6.07 Å². The Hall–Kier alpha value is -3.93. The van der Waals surface area contributed by atoms with E-state index in [0.717, 1.165) is 0 Å². The molecule has 6 N–H and O–H groups in total. The molecule has 6 atom stereocenters. The summed E-state index contributed by atoms with van der Waals surface area (Å²) < 4.78 is 45.0. The summed E-state index contributed by atoms with van der Waals surface area (Å²) in [6.45, 7) is -2.76. The number of cyclic esters (lactones) is 1. The number of phenolic OH excluding ortho intramolecular Hbond substituents is 1.